The molecule has 0 spiro atoms. The standard InChI is InChI=1S/C11H20N2O3/c12-8-5-1-3-7-4-2-6-9(11(15)16)13(7)10(8)14/h7-10,14H,1-6,12H2,(H,15,16). The summed E-state index contributed by atoms with van der Waals surface area (Å²) in [6.45, 7) is 0. The van der Waals surface area contributed by atoms with E-state index in [0.717, 1.165) is 32.1 Å². The predicted molar refractivity (Wildman–Crippen MR) is 58.7 cm³/mol. The van der Waals surface area contributed by atoms with Crippen molar-refractivity contribution in [3.05, 3.63) is 0 Å². The lowest BCUT2D eigenvalue weighted by molar-refractivity contribution is -0.155. The molecule has 16 heavy (non-hydrogen) atoms. The van der Waals surface area contributed by atoms with Gasteiger partial charge in [-0.2, -0.15) is 0 Å². The molecule has 0 aliphatic carbocycles. The molecule has 2 aliphatic rings. The van der Waals surface area contributed by atoms with Crippen molar-refractivity contribution in [3.8, 4) is 0 Å². The number of aliphatic hydroxyl groups excluding tert-OH is 1. The number of aliphatic hydroxyl groups is 1. The van der Waals surface area contributed by atoms with Gasteiger partial charge in [0.05, 0.1) is 0 Å². The second-order valence-corrected chi connectivity index (χ2v) is 4.89. The molecule has 0 amide bonds. The molecular formula is C11H20N2O3. The number of fused-ring (bicyclic) bond motifs is 1. The van der Waals surface area contributed by atoms with E-state index >= 15 is 0 Å². The minimum atomic E-state index is -0.835. The molecule has 0 aromatic heterocycles. The Kier molecular flexibility index (Phi) is 3.47. The van der Waals surface area contributed by atoms with Gasteiger partial charge in [-0.05, 0) is 32.1 Å². The molecule has 2 heterocycles. The zero-order chi connectivity index (χ0) is 11.7. The number of hydrogen-bond acceptors (Lipinski definition) is 4. The van der Waals surface area contributed by atoms with Gasteiger partial charge in [0.25, 0.3) is 0 Å². The van der Waals surface area contributed by atoms with Crippen molar-refractivity contribution in [2.45, 2.75) is 62.9 Å². The molecule has 0 saturated carbocycles. The first-order valence-electron chi connectivity index (χ1n) is 6.05. The van der Waals surface area contributed by atoms with E-state index < -0.39 is 18.2 Å². The summed E-state index contributed by atoms with van der Waals surface area (Å²) in [5.74, 6) is -0.835. The molecule has 92 valence electrons. The summed E-state index contributed by atoms with van der Waals surface area (Å²) in [6.07, 6.45) is 4.44. The van der Waals surface area contributed by atoms with Crippen LogP contribution in [-0.2, 0) is 4.79 Å². The molecule has 4 atom stereocenters. The third-order valence-electron chi connectivity index (χ3n) is 3.84. The van der Waals surface area contributed by atoms with E-state index in [1.54, 1.807) is 4.90 Å². The number of nitrogens with two attached hydrogens (primary N) is 1. The van der Waals surface area contributed by atoms with Crippen molar-refractivity contribution in [3.63, 3.8) is 0 Å². The zero-order valence-electron chi connectivity index (χ0n) is 9.38. The van der Waals surface area contributed by atoms with E-state index in [0.29, 0.717) is 6.42 Å². The van der Waals surface area contributed by atoms with Crippen LogP contribution < -0.4 is 5.73 Å². The van der Waals surface area contributed by atoms with E-state index in [1.807, 2.05) is 0 Å². The molecule has 2 fully saturated rings. The van der Waals surface area contributed by atoms with Crippen molar-refractivity contribution in [2.75, 3.05) is 0 Å². The summed E-state index contributed by atoms with van der Waals surface area (Å²) < 4.78 is 0. The third-order valence-corrected chi connectivity index (χ3v) is 3.84. The lowest BCUT2D eigenvalue weighted by Crippen LogP contribution is -2.58. The van der Waals surface area contributed by atoms with Crippen LogP contribution in [0, 0.1) is 0 Å². The van der Waals surface area contributed by atoms with Crippen molar-refractivity contribution in [2.24, 2.45) is 5.73 Å². The summed E-state index contributed by atoms with van der Waals surface area (Å²) in [4.78, 5) is 12.9. The third kappa shape index (κ3) is 2.07. The highest BCUT2D eigenvalue weighted by atomic mass is 16.4. The molecule has 0 radical (unpaired) electrons. The molecule has 4 unspecified atom stereocenters. The molecule has 0 aromatic carbocycles. The Hall–Kier alpha value is -0.650. The Morgan fingerprint density at radius 3 is 2.44 bits per heavy atom. The Balaban J connectivity index is 2.21. The quantitative estimate of drug-likeness (QED) is 0.593. The SMILES string of the molecule is NC1CCCC2CCCC(C(=O)O)N2C1O. The number of carboxylic acids is 1. The summed E-state index contributed by atoms with van der Waals surface area (Å²) in [7, 11) is 0. The summed E-state index contributed by atoms with van der Waals surface area (Å²) in [5.41, 5.74) is 5.86. The lowest BCUT2D eigenvalue weighted by atomic mass is 9.93. The van der Waals surface area contributed by atoms with Crippen molar-refractivity contribution < 1.29 is 15.0 Å². The number of carbonyl (C=O) groups is 1. The fourth-order valence-electron chi connectivity index (χ4n) is 3.00. The Morgan fingerprint density at radius 2 is 1.81 bits per heavy atom. The van der Waals surface area contributed by atoms with Gasteiger partial charge < -0.3 is 15.9 Å². The van der Waals surface area contributed by atoms with Gasteiger partial charge in [0, 0.05) is 12.1 Å². The van der Waals surface area contributed by atoms with E-state index in [-0.39, 0.29) is 12.1 Å². The van der Waals surface area contributed by atoms with Crippen molar-refractivity contribution >= 4 is 5.97 Å². The van der Waals surface area contributed by atoms with Gasteiger partial charge in [0.1, 0.15) is 12.3 Å². The predicted octanol–water partition coefficient (Wildman–Crippen LogP) is 0.124. The Bertz CT molecular complexity index is 270. The molecular weight excluding hydrogens is 208 g/mol. The maximum absolute atomic E-state index is 11.2. The van der Waals surface area contributed by atoms with Gasteiger partial charge in [-0.1, -0.05) is 6.42 Å². The van der Waals surface area contributed by atoms with Gasteiger partial charge in [0.15, 0.2) is 0 Å². The summed E-state index contributed by atoms with van der Waals surface area (Å²) in [5, 5.41) is 19.3. The highest BCUT2D eigenvalue weighted by Gasteiger charge is 2.41. The Morgan fingerprint density at radius 1 is 1.19 bits per heavy atom. The summed E-state index contributed by atoms with van der Waals surface area (Å²) in [6, 6.07) is -0.679. The average molecular weight is 228 g/mol. The average Bonchev–Trinajstić information content (AvgIpc) is 2.40. The fourth-order valence-corrected chi connectivity index (χ4v) is 3.00. The zero-order valence-corrected chi connectivity index (χ0v) is 9.38. The number of carboxylic acid groups (broad SMARTS) is 1. The molecule has 0 bridgehead atoms. The molecule has 2 saturated heterocycles. The van der Waals surface area contributed by atoms with Crippen molar-refractivity contribution in [1.82, 2.24) is 4.90 Å². The highest BCUT2D eigenvalue weighted by molar-refractivity contribution is 5.73. The van der Waals surface area contributed by atoms with Crippen LogP contribution in [0.5, 0.6) is 0 Å². The van der Waals surface area contributed by atoms with Gasteiger partial charge in [-0.15, -0.1) is 0 Å². The smallest absolute Gasteiger partial charge is 0.321 e. The van der Waals surface area contributed by atoms with Crippen LogP contribution in [0.3, 0.4) is 0 Å². The second kappa shape index (κ2) is 4.69. The number of rotatable bonds is 1. The number of aliphatic carboxylic acids is 1. The van der Waals surface area contributed by atoms with Gasteiger partial charge in [-0.25, -0.2) is 0 Å². The van der Waals surface area contributed by atoms with Crippen molar-refractivity contribution in [1.29, 1.82) is 0 Å². The van der Waals surface area contributed by atoms with Gasteiger partial charge >= 0.3 is 5.97 Å². The lowest BCUT2D eigenvalue weighted by Gasteiger charge is -2.42. The van der Waals surface area contributed by atoms with E-state index in [1.165, 1.54) is 0 Å². The first kappa shape index (κ1) is 11.8. The molecule has 4 N–H and O–H groups in total. The minimum Gasteiger partial charge on any atom is -0.480 e. The first-order chi connectivity index (χ1) is 7.61. The van der Waals surface area contributed by atoms with Gasteiger partial charge in [-0.3, -0.25) is 9.69 Å². The van der Waals surface area contributed by atoms with E-state index in [2.05, 4.69) is 0 Å². The maximum atomic E-state index is 11.2. The van der Waals surface area contributed by atoms with Gasteiger partial charge in [0.2, 0.25) is 0 Å². The molecule has 5 heteroatoms. The number of hydrogen-bond donors (Lipinski definition) is 3. The van der Waals surface area contributed by atoms with E-state index in [9.17, 15) is 15.0 Å². The van der Waals surface area contributed by atoms with Crippen LogP contribution in [0.4, 0.5) is 0 Å². The summed E-state index contributed by atoms with van der Waals surface area (Å²) >= 11 is 0. The largest absolute Gasteiger partial charge is 0.480 e. The Labute approximate surface area is 95.2 Å². The van der Waals surface area contributed by atoms with Crippen LogP contribution in [0.1, 0.15) is 38.5 Å². The van der Waals surface area contributed by atoms with Crippen LogP contribution >= 0.6 is 0 Å². The highest BCUT2D eigenvalue weighted by Crippen LogP contribution is 2.31. The minimum absolute atomic E-state index is 0.193. The van der Waals surface area contributed by atoms with Crippen LogP contribution in [0.2, 0.25) is 0 Å². The van der Waals surface area contributed by atoms with Crippen LogP contribution in [-0.4, -0.2) is 45.4 Å². The first-order valence-corrected chi connectivity index (χ1v) is 6.05. The number of nitrogens with zero attached hydrogens (tertiary/aromatic N) is 1. The number of piperidine rings is 1. The molecule has 5 nitrogen and oxygen atoms in total. The fraction of sp³-hybridized carbons (Fsp3) is 0.909. The molecule has 2 rings (SSSR count). The van der Waals surface area contributed by atoms with Crippen LogP contribution in [0.15, 0.2) is 0 Å². The van der Waals surface area contributed by atoms with Crippen LogP contribution in [0.25, 0.3) is 0 Å². The second-order valence-electron chi connectivity index (χ2n) is 4.89. The topological polar surface area (TPSA) is 86.8 Å². The monoisotopic (exact) mass is 228 g/mol. The normalized spacial score (nSPS) is 41.1. The molecule has 0 aromatic rings. The molecule has 2 aliphatic heterocycles. The van der Waals surface area contributed by atoms with E-state index in [4.69, 9.17) is 5.73 Å². The maximum Gasteiger partial charge on any atom is 0.321 e.